The summed E-state index contributed by atoms with van der Waals surface area (Å²) in [5, 5.41) is 0. The van der Waals surface area contributed by atoms with Crippen LogP contribution in [0.4, 0.5) is 17.6 Å². The van der Waals surface area contributed by atoms with Gasteiger partial charge in [0.2, 0.25) is 5.91 Å². The van der Waals surface area contributed by atoms with Gasteiger partial charge in [-0.05, 0) is 35.9 Å². The van der Waals surface area contributed by atoms with Gasteiger partial charge in [0.15, 0.2) is 11.6 Å². The van der Waals surface area contributed by atoms with Gasteiger partial charge in [0.25, 0.3) is 0 Å². The lowest BCUT2D eigenvalue weighted by atomic mass is 10.1. The first-order chi connectivity index (χ1) is 12.9. The molecule has 1 aliphatic heterocycles. The molecule has 1 aliphatic rings. The van der Waals surface area contributed by atoms with Gasteiger partial charge < -0.3 is 4.90 Å². The first-order valence-electron chi connectivity index (χ1n) is 8.51. The van der Waals surface area contributed by atoms with E-state index < -0.39 is 23.3 Å². The van der Waals surface area contributed by atoms with E-state index in [9.17, 15) is 22.4 Å². The number of hydrogen-bond donors (Lipinski definition) is 0. The number of amides is 1. The van der Waals surface area contributed by atoms with E-state index in [-0.39, 0.29) is 23.9 Å². The zero-order valence-electron chi connectivity index (χ0n) is 14.9. The van der Waals surface area contributed by atoms with Crippen molar-refractivity contribution in [2.24, 2.45) is 0 Å². The summed E-state index contributed by atoms with van der Waals surface area (Å²) in [5.41, 5.74) is 0.409. The van der Waals surface area contributed by atoms with E-state index >= 15 is 0 Å². The molecule has 0 aliphatic carbocycles. The molecule has 3 nitrogen and oxygen atoms in total. The van der Waals surface area contributed by atoms with Gasteiger partial charge in [0.05, 0.1) is 0 Å². The Hall–Kier alpha value is -2.38. The Balaban J connectivity index is 0.00000280. The highest BCUT2D eigenvalue weighted by Gasteiger charge is 2.20. The second-order valence-electron chi connectivity index (χ2n) is 6.32. The van der Waals surface area contributed by atoms with Gasteiger partial charge in [-0.25, -0.2) is 17.6 Å². The number of piperazine rings is 1. The zero-order chi connectivity index (χ0) is 19.4. The van der Waals surface area contributed by atoms with Crippen LogP contribution in [-0.4, -0.2) is 41.9 Å². The minimum atomic E-state index is -0.883. The van der Waals surface area contributed by atoms with Crippen LogP contribution in [-0.2, 0) is 11.3 Å². The maximum Gasteiger partial charge on any atom is 0.246 e. The van der Waals surface area contributed by atoms with Gasteiger partial charge in [0, 0.05) is 44.4 Å². The largest absolute Gasteiger partial charge is 0.337 e. The summed E-state index contributed by atoms with van der Waals surface area (Å²) >= 11 is 0. The van der Waals surface area contributed by atoms with Crippen LogP contribution in [0.2, 0.25) is 0 Å². The molecule has 1 fully saturated rings. The van der Waals surface area contributed by atoms with E-state index in [1.807, 2.05) is 4.90 Å². The number of carbonyl (C=O) groups excluding carboxylic acids is 1. The standard InChI is InChI=1S/C20H18F4N2O.ClH/c21-16-2-1-3-17(22)15(16)5-7-20(27)26-10-8-25(9-11-26)13-14-4-6-18(23)19(24)12-14;/h1-7,12H,8-11,13H2;1H/b7-5+;. The monoisotopic (exact) mass is 414 g/mol. The maximum absolute atomic E-state index is 13.6. The lowest BCUT2D eigenvalue weighted by molar-refractivity contribution is -0.127. The van der Waals surface area contributed by atoms with Crippen LogP contribution >= 0.6 is 12.4 Å². The molecule has 0 aromatic heterocycles. The highest BCUT2D eigenvalue weighted by molar-refractivity contribution is 5.91. The number of benzene rings is 2. The fraction of sp³-hybridized carbons (Fsp3) is 0.250. The zero-order valence-corrected chi connectivity index (χ0v) is 15.7. The third-order valence-electron chi connectivity index (χ3n) is 4.47. The van der Waals surface area contributed by atoms with E-state index in [0.29, 0.717) is 38.3 Å². The number of nitrogens with zero attached hydrogens (tertiary/aromatic N) is 2. The molecule has 0 unspecified atom stereocenters. The summed E-state index contributed by atoms with van der Waals surface area (Å²) in [7, 11) is 0. The molecule has 1 heterocycles. The number of carbonyl (C=O) groups is 1. The molecule has 0 bridgehead atoms. The van der Waals surface area contributed by atoms with Gasteiger partial charge in [-0.1, -0.05) is 12.1 Å². The Morgan fingerprint density at radius 2 is 1.54 bits per heavy atom. The van der Waals surface area contributed by atoms with Crippen LogP contribution in [0.15, 0.2) is 42.5 Å². The second-order valence-corrected chi connectivity index (χ2v) is 6.32. The molecule has 3 rings (SSSR count). The van der Waals surface area contributed by atoms with Crippen molar-refractivity contribution in [3.8, 4) is 0 Å². The molecule has 28 heavy (non-hydrogen) atoms. The van der Waals surface area contributed by atoms with Gasteiger partial charge in [-0.2, -0.15) is 0 Å². The molecule has 8 heteroatoms. The summed E-state index contributed by atoms with van der Waals surface area (Å²) < 4.78 is 53.4. The SMILES string of the molecule is Cl.O=C(/C=C/c1c(F)cccc1F)N1CCN(Cc2ccc(F)c(F)c2)CC1. The fourth-order valence-electron chi connectivity index (χ4n) is 2.95. The Kier molecular flexibility index (Phi) is 7.60. The van der Waals surface area contributed by atoms with Gasteiger partial charge >= 0.3 is 0 Å². The average Bonchev–Trinajstić information content (AvgIpc) is 2.65. The van der Waals surface area contributed by atoms with E-state index in [1.165, 1.54) is 18.2 Å². The first kappa shape index (κ1) is 21.9. The predicted molar refractivity (Wildman–Crippen MR) is 101 cm³/mol. The quantitative estimate of drug-likeness (QED) is 0.557. The van der Waals surface area contributed by atoms with Gasteiger partial charge in [0.1, 0.15) is 11.6 Å². The Labute approximate surface area is 166 Å². The van der Waals surface area contributed by atoms with E-state index in [2.05, 4.69) is 0 Å². The third kappa shape index (κ3) is 5.33. The van der Waals surface area contributed by atoms with Crippen LogP contribution in [0.1, 0.15) is 11.1 Å². The molecule has 0 spiro atoms. The van der Waals surface area contributed by atoms with Crippen molar-refractivity contribution >= 4 is 24.4 Å². The number of rotatable bonds is 4. The van der Waals surface area contributed by atoms with Crippen molar-refractivity contribution in [3.63, 3.8) is 0 Å². The van der Waals surface area contributed by atoms with Crippen LogP contribution < -0.4 is 0 Å². The second kappa shape index (κ2) is 9.71. The van der Waals surface area contributed by atoms with Crippen molar-refractivity contribution in [1.82, 2.24) is 9.80 Å². The first-order valence-corrected chi connectivity index (χ1v) is 8.51. The van der Waals surface area contributed by atoms with E-state index in [0.717, 1.165) is 30.4 Å². The van der Waals surface area contributed by atoms with Crippen molar-refractivity contribution < 1.29 is 22.4 Å². The molecule has 1 saturated heterocycles. The Morgan fingerprint density at radius 3 is 2.14 bits per heavy atom. The number of hydrogen-bond acceptors (Lipinski definition) is 2. The lowest BCUT2D eigenvalue weighted by Gasteiger charge is -2.34. The highest BCUT2D eigenvalue weighted by Crippen LogP contribution is 2.15. The van der Waals surface area contributed by atoms with Crippen molar-refractivity contribution in [1.29, 1.82) is 0 Å². The maximum atomic E-state index is 13.6. The van der Waals surface area contributed by atoms with Gasteiger partial charge in [-0.3, -0.25) is 9.69 Å². The molecular formula is C20H19ClF4N2O. The van der Waals surface area contributed by atoms with Crippen LogP contribution in [0.25, 0.3) is 6.08 Å². The van der Waals surface area contributed by atoms with Crippen molar-refractivity contribution in [2.45, 2.75) is 6.54 Å². The topological polar surface area (TPSA) is 23.6 Å². The molecule has 1 amide bonds. The fourth-order valence-corrected chi connectivity index (χ4v) is 2.95. The normalized spacial score (nSPS) is 14.9. The molecule has 2 aromatic rings. The summed E-state index contributed by atoms with van der Waals surface area (Å²) in [5.74, 6) is -3.55. The van der Waals surface area contributed by atoms with Crippen molar-refractivity contribution in [3.05, 3.63) is 76.9 Å². The molecule has 0 radical (unpaired) electrons. The van der Waals surface area contributed by atoms with Gasteiger partial charge in [-0.15, -0.1) is 12.4 Å². The van der Waals surface area contributed by atoms with Crippen molar-refractivity contribution in [2.75, 3.05) is 26.2 Å². The third-order valence-corrected chi connectivity index (χ3v) is 4.47. The molecule has 0 saturated carbocycles. The smallest absolute Gasteiger partial charge is 0.246 e. The average molecular weight is 415 g/mol. The van der Waals surface area contributed by atoms with Crippen LogP contribution in [0.3, 0.4) is 0 Å². The van der Waals surface area contributed by atoms with Crippen LogP contribution in [0, 0.1) is 23.3 Å². The minimum absolute atomic E-state index is 0. The summed E-state index contributed by atoms with van der Waals surface area (Å²) in [6, 6.07) is 7.31. The van der Waals surface area contributed by atoms with E-state index in [4.69, 9.17) is 0 Å². The molecule has 0 atom stereocenters. The molecule has 150 valence electrons. The predicted octanol–water partition coefficient (Wildman–Crippen LogP) is 4.02. The summed E-state index contributed by atoms with van der Waals surface area (Å²) in [6.45, 7) is 2.45. The molecular weight excluding hydrogens is 396 g/mol. The molecule has 2 aromatic carbocycles. The lowest BCUT2D eigenvalue weighted by Crippen LogP contribution is -2.47. The summed E-state index contributed by atoms with van der Waals surface area (Å²) in [4.78, 5) is 15.8. The summed E-state index contributed by atoms with van der Waals surface area (Å²) in [6.07, 6.45) is 2.30. The molecule has 0 N–H and O–H groups in total. The van der Waals surface area contributed by atoms with E-state index in [1.54, 1.807) is 4.90 Å². The number of halogens is 5. The Bertz CT molecular complexity index is 847. The minimum Gasteiger partial charge on any atom is -0.337 e. The Morgan fingerprint density at radius 1 is 0.893 bits per heavy atom. The highest BCUT2D eigenvalue weighted by atomic mass is 35.5. The van der Waals surface area contributed by atoms with Crippen LogP contribution in [0.5, 0.6) is 0 Å².